The average molecular weight is 533 g/mol. The van der Waals surface area contributed by atoms with Gasteiger partial charge in [0.1, 0.15) is 5.75 Å². The Bertz CT molecular complexity index is 1430. The lowest BCUT2D eigenvalue weighted by Gasteiger charge is -2.46. The lowest BCUT2D eigenvalue weighted by atomic mass is 9.63. The molecule has 3 aromatic rings. The van der Waals surface area contributed by atoms with Crippen LogP contribution in [0.3, 0.4) is 0 Å². The Morgan fingerprint density at radius 1 is 1.00 bits per heavy atom. The minimum atomic E-state index is -3.82. The van der Waals surface area contributed by atoms with Crippen LogP contribution in [-0.2, 0) is 21.0 Å². The van der Waals surface area contributed by atoms with E-state index in [1.807, 2.05) is 0 Å². The molecule has 2 aliphatic carbocycles. The van der Waals surface area contributed by atoms with Crippen LogP contribution in [0.25, 0.3) is 0 Å². The second-order valence-electron chi connectivity index (χ2n) is 11.3. The smallest absolute Gasteiger partial charge is 0.242 e. The van der Waals surface area contributed by atoms with Crippen molar-refractivity contribution in [3.8, 4) is 5.75 Å². The van der Waals surface area contributed by atoms with E-state index in [2.05, 4.69) is 53.8 Å². The molecule has 0 spiro atoms. The van der Waals surface area contributed by atoms with Crippen LogP contribution in [0.15, 0.2) is 71.6 Å². The Morgan fingerprint density at radius 3 is 2.18 bits per heavy atom. The number of ether oxygens (including phenoxy) is 1. The average Bonchev–Trinajstić information content (AvgIpc) is 3.45. The summed E-state index contributed by atoms with van der Waals surface area (Å²) in [7, 11) is 0.830. The summed E-state index contributed by atoms with van der Waals surface area (Å²) in [6.45, 7) is 1.57. The van der Waals surface area contributed by atoms with Gasteiger partial charge in [-0.2, -0.15) is 0 Å². The van der Waals surface area contributed by atoms with E-state index >= 15 is 0 Å². The molecule has 1 aliphatic heterocycles. The van der Waals surface area contributed by atoms with E-state index in [1.54, 1.807) is 25.3 Å². The van der Waals surface area contributed by atoms with Crippen molar-refractivity contribution in [1.29, 1.82) is 0 Å². The zero-order valence-electron chi connectivity index (χ0n) is 22.3. The SMILES string of the molecule is COc1ccc(S(=O)(=O)N(C)C)c(C(O)(CC23CC(c4ccccc42)c2ccccc23)C2CCNCC2)c1. The number of sulfonamides is 1. The number of nitrogens with zero attached hydrogens (tertiary/aromatic N) is 1. The second-order valence-corrected chi connectivity index (χ2v) is 13.4. The van der Waals surface area contributed by atoms with E-state index in [0.29, 0.717) is 17.7 Å². The topological polar surface area (TPSA) is 78.9 Å². The van der Waals surface area contributed by atoms with Gasteiger partial charge in [0.2, 0.25) is 10.0 Å². The molecule has 0 amide bonds. The molecular formula is C31H36N2O4S. The van der Waals surface area contributed by atoms with E-state index in [1.165, 1.54) is 40.7 Å². The molecule has 0 aromatic heterocycles. The Hall–Kier alpha value is -2.71. The number of benzene rings is 3. The van der Waals surface area contributed by atoms with Gasteiger partial charge in [-0.1, -0.05) is 48.5 Å². The number of hydrogen-bond acceptors (Lipinski definition) is 5. The molecule has 1 heterocycles. The van der Waals surface area contributed by atoms with Crippen molar-refractivity contribution in [1.82, 2.24) is 9.62 Å². The molecule has 38 heavy (non-hydrogen) atoms. The first-order valence-corrected chi connectivity index (χ1v) is 14.9. The first-order chi connectivity index (χ1) is 18.2. The molecule has 200 valence electrons. The Balaban J connectivity index is 1.60. The number of rotatable bonds is 7. The molecular weight excluding hydrogens is 496 g/mol. The van der Waals surface area contributed by atoms with Crippen LogP contribution in [0.4, 0.5) is 0 Å². The molecule has 1 saturated heterocycles. The minimum absolute atomic E-state index is 0.111. The molecule has 2 bridgehead atoms. The van der Waals surface area contributed by atoms with Crippen molar-refractivity contribution in [3.63, 3.8) is 0 Å². The summed E-state index contributed by atoms with van der Waals surface area (Å²) in [5, 5.41) is 16.5. The summed E-state index contributed by atoms with van der Waals surface area (Å²) in [5.41, 5.74) is 3.81. The van der Waals surface area contributed by atoms with E-state index in [9.17, 15) is 13.5 Å². The van der Waals surface area contributed by atoms with Crippen LogP contribution < -0.4 is 10.1 Å². The summed E-state index contributed by atoms with van der Waals surface area (Å²) in [4.78, 5) is 0.148. The molecule has 3 aliphatic rings. The highest BCUT2D eigenvalue weighted by molar-refractivity contribution is 7.89. The third-order valence-corrected chi connectivity index (χ3v) is 11.1. The van der Waals surface area contributed by atoms with Crippen LogP contribution in [0.2, 0.25) is 0 Å². The highest BCUT2D eigenvalue weighted by Crippen LogP contribution is 2.64. The van der Waals surface area contributed by atoms with Gasteiger partial charge in [0.15, 0.2) is 0 Å². The second kappa shape index (κ2) is 9.19. The Labute approximate surface area is 225 Å². The summed E-state index contributed by atoms with van der Waals surface area (Å²) >= 11 is 0. The summed E-state index contributed by atoms with van der Waals surface area (Å²) < 4.78 is 34.1. The van der Waals surface area contributed by atoms with Crippen molar-refractivity contribution in [2.24, 2.45) is 5.92 Å². The predicted octanol–water partition coefficient (Wildman–Crippen LogP) is 4.36. The fourth-order valence-electron chi connectivity index (χ4n) is 7.45. The predicted molar refractivity (Wildman–Crippen MR) is 148 cm³/mol. The molecule has 6 rings (SSSR count). The number of methoxy groups -OCH3 is 1. The number of piperidine rings is 1. The molecule has 3 aromatic carbocycles. The van der Waals surface area contributed by atoms with Crippen LogP contribution in [-0.4, -0.2) is 52.1 Å². The maximum absolute atomic E-state index is 13.6. The van der Waals surface area contributed by atoms with E-state index in [-0.39, 0.29) is 16.7 Å². The normalized spacial score (nSPS) is 24.2. The zero-order chi connectivity index (χ0) is 26.7. The molecule has 1 unspecified atom stereocenters. The first kappa shape index (κ1) is 25.6. The lowest BCUT2D eigenvalue weighted by Crippen LogP contribution is -2.47. The van der Waals surface area contributed by atoms with Crippen LogP contribution >= 0.6 is 0 Å². The standard InChI is InChI=1S/C31H36N2O4S/c1-33(2)38(35,36)29-13-12-22(37-3)18-28(29)31(34,21-14-16-32-17-15-21)20-30-19-25(23-8-4-6-10-26(23)30)24-9-5-7-11-27(24)30/h4-13,18,21,25,32,34H,14-17,19-20H2,1-3H3. The van der Waals surface area contributed by atoms with Crippen LogP contribution in [0, 0.1) is 5.92 Å². The van der Waals surface area contributed by atoms with Gasteiger partial charge < -0.3 is 15.2 Å². The van der Waals surface area contributed by atoms with Gasteiger partial charge in [0.05, 0.1) is 17.6 Å². The molecule has 7 heteroatoms. The molecule has 2 N–H and O–H groups in total. The number of aliphatic hydroxyl groups is 1. The highest BCUT2D eigenvalue weighted by atomic mass is 32.2. The van der Waals surface area contributed by atoms with E-state index in [4.69, 9.17) is 4.74 Å². The third kappa shape index (κ3) is 3.67. The largest absolute Gasteiger partial charge is 0.497 e. The number of nitrogens with one attached hydrogen (secondary N) is 1. The molecule has 1 atom stereocenters. The van der Waals surface area contributed by atoms with Crippen molar-refractivity contribution >= 4 is 10.0 Å². The number of fused-ring (bicyclic) bond motifs is 8. The van der Waals surface area contributed by atoms with Crippen molar-refractivity contribution in [2.45, 2.75) is 47.5 Å². The Morgan fingerprint density at radius 2 is 1.61 bits per heavy atom. The van der Waals surface area contributed by atoms with Gasteiger partial charge >= 0.3 is 0 Å². The van der Waals surface area contributed by atoms with Gasteiger partial charge in [-0.15, -0.1) is 0 Å². The lowest BCUT2D eigenvalue weighted by molar-refractivity contribution is -0.0588. The highest BCUT2D eigenvalue weighted by Gasteiger charge is 2.57. The molecule has 6 nitrogen and oxygen atoms in total. The third-order valence-electron chi connectivity index (χ3n) is 9.25. The fourth-order valence-corrected chi connectivity index (χ4v) is 8.60. The molecule has 1 fully saturated rings. The maximum Gasteiger partial charge on any atom is 0.242 e. The maximum atomic E-state index is 13.6. The quantitative estimate of drug-likeness (QED) is 0.473. The van der Waals surface area contributed by atoms with Crippen molar-refractivity contribution in [3.05, 3.63) is 94.5 Å². The minimum Gasteiger partial charge on any atom is -0.497 e. The first-order valence-electron chi connectivity index (χ1n) is 13.5. The van der Waals surface area contributed by atoms with Crippen molar-refractivity contribution in [2.75, 3.05) is 34.3 Å². The van der Waals surface area contributed by atoms with Crippen LogP contribution in [0.5, 0.6) is 5.75 Å². The van der Waals surface area contributed by atoms with Crippen molar-refractivity contribution < 1.29 is 18.3 Å². The van der Waals surface area contributed by atoms with Gasteiger partial charge in [-0.3, -0.25) is 0 Å². The Kier molecular flexibility index (Phi) is 6.18. The summed E-state index contributed by atoms with van der Waals surface area (Å²) in [5.74, 6) is 0.717. The fraction of sp³-hybridized carbons (Fsp3) is 0.419. The summed E-state index contributed by atoms with van der Waals surface area (Å²) in [6, 6.07) is 22.2. The van der Waals surface area contributed by atoms with Gasteiger partial charge in [-0.25, -0.2) is 12.7 Å². The zero-order valence-corrected chi connectivity index (χ0v) is 23.1. The van der Waals surface area contributed by atoms with Crippen LogP contribution in [0.1, 0.15) is 59.4 Å². The molecule has 0 saturated carbocycles. The van der Waals surface area contributed by atoms with Gasteiger partial charge in [-0.05, 0) is 85.1 Å². The van der Waals surface area contributed by atoms with E-state index in [0.717, 1.165) is 32.4 Å². The van der Waals surface area contributed by atoms with E-state index < -0.39 is 21.0 Å². The summed E-state index contributed by atoms with van der Waals surface area (Å²) in [6.07, 6.45) is 2.83. The number of hydrogen-bond donors (Lipinski definition) is 2. The molecule has 0 radical (unpaired) electrons. The van der Waals surface area contributed by atoms with Gasteiger partial charge in [0, 0.05) is 31.0 Å². The van der Waals surface area contributed by atoms with Gasteiger partial charge in [0.25, 0.3) is 0 Å². The monoisotopic (exact) mass is 532 g/mol.